The average Bonchev–Trinajstić information content (AvgIpc) is 3.10. The van der Waals surface area contributed by atoms with E-state index < -0.39 is 0 Å². The van der Waals surface area contributed by atoms with Gasteiger partial charge in [0.2, 0.25) is 5.91 Å². The molecular weight excluding hydrogens is 342 g/mol. The number of benzene rings is 2. The molecule has 1 unspecified atom stereocenters. The number of fused-ring (bicyclic) bond motifs is 1. The Morgan fingerprint density at radius 2 is 1.93 bits per heavy atom. The lowest BCUT2D eigenvalue weighted by molar-refractivity contribution is -0.116. The molecule has 6 heteroatoms. The van der Waals surface area contributed by atoms with E-state index in [1.807, 2.05) is 43.3 Å². The standard InChI is InChI=1S/C21H19N3O3/c1-13-5-3-4-6-18(13)24-20-17(12-22-24)16(11-19(25)23-20)14-7-9-15(10-8-14)21(26)27-2/h3-10,12,16H,11H2,1-2H3,(H,23,25). The molecule has 136 valence electrons. The van der Waals surface area contributed by atoms with Gasteiger partial charge in [-0.2, -0.15) is 5.10 Å². The lowest BCUT2D eigenvalue weighted by atomic mass is 9.87. The third-order valence-corrected chi connectivity index (χ3v) is 4.90. The van der Waals surface area contributed by atoms with Crippen LogP contribution in [0.5, 0.6) is 0 Å². The third-order valence-electron chi connectivity index (χ3n) is 4.90. The minimum Gasteiger partial charge on any atom is -0.465 e. The Labute approximate surface area is 156 Å². The van der Waals surface area contributed by atoms with E-state index in [0.29, 0.717) is 17.8 Å². The van der Waals surface area contributed by atoms with Gasteiger partial charge in [0.1, 0.15) is 5.82 Å². The maximum absolute atomic E-state index is 12.4. The molecule has 2 aromatic carbocycles. The SMILES string of the molecule is COC(=O)c1ccc(C2CC(=O)Nc3c2cnn3-c2ccccc2C)cc1. The Bertz CT molecular complexity index is 1020. The van der Waals surface area contributed by atoms with E-state index in [9.17, 15) is 9.59 Å². The first-order valence-electron chi connectivity index (χ1n) is 8.70. The Morgan fingerprint density at radius 3 is 2.63 bits per heavy atom. The summed E-state index contributed by atoms with van der Waals surface area (Å²) in [6.45, 7) is 2.01. The molecule has 1 aromatic heterocycles. The number of hydrogen-bond acceptors (Lipinski definition) is 4. The van der Waals surface area contributed by atoms with Crippen LogP contribution in [0.2, 0.25) is 0 Å². The summed E-state index contributed by atoms with van der Waals surface area (Å²) in [7, 11) is 1.36. The van der Waals surface area contributed by atoms with Gasteiger partial charge in [0.05, 0.1) is 24.6 Å². The van der Waals surface area contributed by atoms with Gasteiger partial charge in [-0.05, 0) is 36.2 Å². The van der Waals surface area contributed by atoms with Crippen molar-refractivity contribution in [1.29, 1.82) is 0 Å². The Kier molecular flexibility index (Phi) is 4.24. The number of carbonyl (C=O) groups is 2. The molecular formula is C21H19N3O3. The van der Waals surface area contributed by atoms with Gasteiger partial charge < -0.3 is 10.1 Å². The molecule has 0 saturated carbocycles. The van der Waals surface area contributed by atoms with E-state index in [-0.39, 0.29) is 17.8 Å². The summed E-state index contributed by atoms with van der Waals surface area (Å²) in [6.07, 6.45) is 2.14. The first-order valence-corrected chi connectivity index (χ1v) is 8.70. The van der Waals surface area contributed by atoms with Crippen molar-refractivity contribution in [3.63, 3.8) is 0 Å². The van der Waals surface area contributed by atoms with Crippen molar-refractivity contribution >= 4 is 17.7 Å². The second-order valence-corrected chi connectivity index (χ2v) is 6.57. The summed E-state index contributed by atoms with van der Waals surface area (Å²) in [5, 5.41) is 7.49. The van der Waals surface area contributed by atoms with Gasteiger partial charge in [-0.3, -0.25) is 4.79 Å². The number of nitrogens with zero attached hydrogens (tertiary/aromatic N) is 2. The van der Waals surface area contributed by atoms with Crippen molar-refractivity contribution < 1.29 is 14.3 Å². The van der Waals surface area contributed by atoms with Crippen molar-refractivity contribution in [2.45, 2.75) is 19.3 Å². The number of aromatic nitrogens is 2. The van der Waals surface area contributed by atoms with Crippen LogP contribution in [0.15, 0.2) is 54.7 Å². The van der Waals surface area contributed by atoms with Crippen molar-refractivity contribution in [2.75, 3.05) is 12.4 Å². The molecule has 1 aliphatic rings. The lowest BCUT2D eigenvalue weighted by Crippen LogP contribution is -2.24. The van der Waals surface area contributed by atoms with Crippen LogP contribution in [0.4, 0.5) is 5.82 Å². The van der Waals surface area contributed by atoms with Crippen LogP contribution in [0.25, 0.3) is 5.69 Å². The molecule has 1 N–H and O–H groups in total. The molecule has 0 bridgehead atoms. The number of hydrogen-bond donors (Lipinski definition) is 1. The molecule has 2 heterocycles. The molecule has 27 heavy (non-hydrogen) atoms. The van der Waals surface area contributed by atoms with Gasteiger partial charge in [0.15, 0.2) is 0 Å². The number of rotatable bonds is 3. The molecule has 4 rings (SSSR count). The molecule has 0 radical (unpaired) electrons. The van der Waals surface area contributed by atoms with Crippen LogP contribution in [0, 0.1) is 6.92 Å². The fourth-order valence-electron chi connectivity index (χ4n) is 3.47. The maximum atomic E-state index is 12.4. The van der Waals surface area contributed by atoms with Crippen molar-refractivity contribution in [1.82, 2.24) is 9.78 Å². The van der Waals surface area contributed by atoms with E-state index in [2.05, 4.69) is 10.4 Å². The third kappa shape index (κ3) is 2.99. The Morgan fingerprint density at radius 1 is 1.19 bits per heavy atom. The van der Waals surface area contributed by atoms with Crippen molar-refractivity contribution in [3.8, 4) is 5.69 Å². The number of methoxy groups -OCH3 is 1. The van der Waals surface area contributed by atoms with Gasteiger partial charge in [0.25, 0.3) is 0 Å². The number of amides is 1. The predicted molar refractivity (Wildman–Crippen MR) is 101 cm³/mol. The van der Waals surface area contributed by atoms with Crippen LogP contribution in [-0.4, -0.2) is 28.8 Å². The zero-order valence-corrected chi connectivity index (χ0v) is 15.1. The van der Waals surface area contributed by atoms with E-state index in [1.54, 1.807) is 23.0 Å². The van der Waals surface area contributed by atoms with Gasteiger partial charge >= 0.3 is 5.97 Å². The van der Waals surface area contributed by atoms with Crippen molar-refractivity contribution in [2.24, 2.45) is 0 Å². The van der Waals surface area contributed by atoms with Gasteiger partial charge in [-0.25, -0.2) is 9.48 Å². The molecule has 6 nitrogen and oxygen atoms in total. The molecule has 0 aliphatic carbocycles. The molecule has 1 atom stereocenters. The summed E-state index contributed by atoms with van der Waals surface area (Å²) in [6, 6.07) is 15.1. The highest BCUT2D eigenvalue weighted by molar-refractivity contribution is 5.95. The molecule has 1 aliphatic heterocycles. The number of carbonyl (C=O) groups excluding carboxylic acids is 2. The Balaban J connectivity index is 1.75. The molecule has 0 saturated heterocycles. The van der Waals surface area contributed by atoms with E-state index in [4.69, 9.17) is 4.74 Å². The number of aryl methyl sites for hydroxylation is 1. The highest BCUT2D eigenvalue weighted by atomic mass is 16.5. The highest BCUT2D eigenvalue weighted by Crippen LogP contribution is 2.38. The summed E-state index contributed by atoms with van der Waals surface area (Å²) in [4.78, 5) is 24.0. The van der Waals surface area contributed by atoms with Crippen LogP contribution >= 0.6 is 0 Å². The van der Waals surface area contributed by atoms with E-state index in [1.165, 1.54) is 7.11 Å². The first kappa shape index (κ1) is 17.0. The summed E-state index contributed by atoms with van der Waals surface area (Å²) < 4.78 is 6.52. The number of esters is 1. The number of ether oxygens (including phenoxy) is 1. The van der Waals surface area contributed by atoms with E-state index in [0.717, 1.165) is 22.4 Å². The van der Waals surface area contributed by atoms with Gasteiger partial charge in [-0.15, -0.1) is 0 Å². The second-order valence-electron chi connectivity index (χ2n) is 6.57. The largest absolute Gasteiger partial charge is 0.465 e. The molecule has 3 aromatic rings. The smallest absolute Gasteiger partial charge is 0.337 e. The zero-order chi connectivity index (χ0) is 19.0. The first-order chi connectivity index (χ1) is 13.1. The monoisotopic (exact) mass is 361 g/mol. The number of para-hydroxylation sites is 1. The molecule has 1 amide bonds. The lowest BCUT2D eigenvalue weighted by Gasteiger charge is -2.24. The summed E-state index contributed by atoms with van der Waals surface area (Å²) in [5.41, 5.74) is 4.41. The topological polar surface area (TPSA) is 73.2 Å². The van der Waals surface area contributed by atoms with E-state index >= 15 is 0 Å². The fraction of sp³-hybridized carbons (Fsp3) is 0.190. The van der Waals surface area contributed by atoms with Crippen LogP contribution in [-0.2, 0) is 9.53 Å². The van der Waals surface area contributed by atoms with Crippen LogP contribution < -0.4 is 5.32 Å². The van der Waals surface area contributed by atoms with Crippen molar-refractivity contribution in [3.05, 3.63) is 77.0 Å². The Hall–Kier alpha value is -3.41. The maximum Gasteiger partial charge on any atom is 0.337 e. The fourth-order valence-corrected chi connectivity index (χ4v) is 3.47. The van der Waals surface area contributed by atoms with Crippen LogP contribution in [0.1, 0.15) is 39.4 Å². The summed E-state index contributed by atoms with van der Waals surface area (Å²) in [5.74, 6) is 0.150. The highest BCUT2D eigenvalue weighted by Gasteiger charge is 2.30. The second kappa shape index (κ2) is 6.72. The van der Waals surface area contributed by atoms with Gasteiger partial charge in [0, 0.05) is 17.9 Å². The minimum atomic E-state index is -0.379. The summed E-state index contributed by atoms with van der Waals surface area (Å²) >= 11 is 0. The molecule has 0 fully saturated rings. The number of anilines is 1. The van der Waals surface area contributed by atoms with Gasteiger partial charge in [-0.1, -0.05) is 30.3 Å². The normalized spacial score (nSPS) is 15.8. The number of nitrogens with one attached hydrogen (secondary N) is 1. The minimum absolute atomic E-state index is 0.0557. The molecule has 0 spiro atoms. The average molecular weight is 361 g/mol. The van der Waals surface area contributed by atoms with Crippen LogP contribution in [0.3, 0.4) is 0 Å². The quantitative estimate of drug-likeness (QED) is 0.725. The predicted octanol–water partition coefficient (Wildman–Crippen LogP) is 3.44. The zero-order valence-electron chi connectivity index (χ0n) is 15.1.